The van der Waals surface area contributed by atoms with Gasteiger partial charge in [0.2, 0.25) is 15.9 Å². The van der Waals surface area contributed by atoms with Crippen molar-refractivity contribution < 1.29 is 17.6 Å². The summed E-state index contributed by atoms with van der Waals surface area (Å²) in [6.07, 6.45) is 1.14. The average Bonchev–Trinajstić information content (AvgIpc) is 2.65. The molecule has 26 heavy (non-hydrogen) atoms. The van der Waals surface area contributed by atoms with Crippen LogP contribution >= 0.6 is 15.9 Å². The Hall–Kier alpha value is -1.77. The molecule has 1 aliphatic heterocycles. The minimum Gasteiger partial charge on any atom is -0.323 e. The van der Waals surface area contributed by atoms with Gasteiger partial charge in [0, 0.05) is 17.6 Å². The fourth-order valence-electron chi connectivity index (χ4n) is 2.94. The molecule has 0 aromatic heterocycles. The van der Waals surface area contributed by atoms with Gasteiger partial charge in [0.15, 0.2) is 0 Å². The Labute approximate surface area is 160 Å². The number of amides is 1. The largest absolute Gasteiger partial charge is 0.323 e. The number of hydrogen-bond acceptors (Lipinski definition) is 3. The molecule has 138 valence electrons. The standard InChI is InChI=1S/C18H18BrFN2O3S/c19-14-8-9-17(16(20)11-14)21-18(23)13-5-4-10-22(12-13)26(24,25)15-6-2-1-3-7-15/h1-3,6-9,11,13H,4-5,10,12H2,(H,21,23)/t13-/m0/s1. The highest BCUT2D eigenvalue weighted by Crippen LogP contribution is 2.26. The Kier molecular flexibility index (Phi) is 5.74. The number of carbonyl (C=O) groups excluding carboxylic acids is 1. The number of nitrogens with zero attached hydrogens (tertiary/aromatic N) is 1. The SMILES string of the molecule is O=C(Nc1ccc(Br)cc1F)[C@H]1CCCN(S(=O)(=O)c2ccccc2)C1. The minimum atomic E-state index is -3.64. The van der Waals surface area contributed by atoms with Gasteiger partial charge in [0.25, 0.3) is 0 Å². The Bertz CT molecular complexity index is 906. The molecule has 1 saturated heterocycles. The molecule has 1 heterocycles. The van der Waals surface area contributed by atoms with Crippen LogP contribution in [0.25, 0.3) is 0 Å². The van der Waals surface area contributed by atoms with E-state index in [1.165, 1.54) is 28.6 Å². The van der Waals surface area contributed by atoms with E-state index in [-0.39, 0.29) is 23.0 Å². The lowest BCUT2D eigenvalue weighted by atomic mass is 9.98. The molecule has 0 unspecified atom stereocenters. The van der Waals surface area contributed by atoms with Gasteiger partial charge in [-0.15, -0.1) is 0 Å². The van der Waals surface area contributed by atoms with Crippen LogP contribution in [-0.2, 0) is 14.8 Å². The highest BCUT2D eigenvalue weighted by Gasteiger charge is 2.33. The normalized spacial score (nSPS) is 18.5. The van der Waals surface area contributed by atoms with E-state index in [4.69, 9.17) is 0 Å². The van der Waals surface area contributed by atoms with E-state index < -0.39 is 21.8 Å². The zero-order chi connectivity index (χ0) is 18.7. The van der Waals surface area contributed by atoms with Crippen molar-refractivity contribution in [1.82, 2.24) is 4.31 Å². The van der Waals surface area contributed by atoms with Crippen LogP contribution in [0.3, 0.4) is 0 Å². The van der Waals surface area contributed by atoms with Crippen LogP contribution in [0.15, 0.2) is 57.9 Å². The first-order valence-electron chi connectivity index (χ1n) is 8.19. The van der Waals surface area contributed by atoms with E-state index >= 15 is 0 Å². The first kappa shape index (κ1) is 19.0. The van der Waals surface area contributed by atoms with Crippen LogP contribution < -0.4 is 5.32 Å². The van der Waals surface area contributed by atoms with Gasteiger partial charge < -0.3 is 5.32 Å². The zero-order valence-electron chi connectivity index (χ0n) is 13.9. The van der Waals surface area contributed by atoms with E-state index in [9.17, 15) is 17.6 Å². The molecule has 1 amide bonds. The second-order valence-corrected chi connectivity index (χ2v) is 8.98. The fourth-order valence-corrected chi connectivity index (χ4v) is 4.82. The lowest BCUT2D eigenvalue weighted by Gasteiger charge is -2.31. The molecule has 1 aliphatic rings. The first-order chi connectivity index (χ1) is 12.4. The maximum atomic E-state index is 13.9. The van der Waals surface area contributed by atoms with Gasteiger partial charge >= 0.3 is 0 Å². The van der Waals surface area contributed by atoms with Crippen LogP contribution in [-0.4, -0.2) is 31.7 Å². The van der Waals surface area contributed by atoms with E-state index in [1.807, 2.05) is 0 Å². The minimum absolute atomic E-state index is 0.0845. The molecule has 0 aliphatic carbocycles. The van der Waals surface area contributed by atoms with Crippen molar-refractivity contribution in [2.45, 2.75) is 17.7 Å². The highest BCUT2D eigenvalue weighted by molar-refractivity contribution is 9.10. The monoisotopic (exact) mass is 440 g/mol. The molecule has 0 radical (unpaired) electrons. The Morgan fingerprint density at radius 3 is 2.62 bits per heavy atom. The van der Waals surface area contributed by atoms with Crippen molar-refractivity contribution in [2.24, 2.45) is 5.92 Å². The number of anilines is 1. The van der Waals surface area contributed by atoms with Gasteiger partial charge in [-0.2, -0.15) is 4.31 Å². The summed E-state index contributed by atoms with van der Waals surface area (Å²) in [7, 11) is -3.64. The quantitative estimate of drug-likeness (QED) is 0.788. The highest BCUT2D eigenvalue weighted by atomic mass is 79.9. The van der Waals surface area contributed by atoms with Gasteiger partial charge in [-0.1, -0.05) is 34.1 Å². The molecule has 0 bridgehead atoms. The molecule has 0 spiro atoms. The first-order valence-corrected chi connectivity index (χ1v) is 10.4. The van der Waals surface area contributed by atoms with Crippen LogP contribution in [0, 0.1) is 11.7 Å². The molecule has 1 atom stereocenters. The van der Waals surface area contributed by atoms with E-state index in [0.717, 1.165) is 0 Å². The van der Waals surface area contributed by atoms with E-state index in [2.05, 4.69) is 21.2 Å². The van der Waals surface area contributed by atoms with Crippen molar-refractivity contribution >= 4 is 37.5 Å². The summed E-state index contributed by atoms with van der Waals surface area (Å²) in [5, 5.41) is 2.56. The third-order valence-corrected chi connectivity index (χ3v) is 6.70. The second-order valence-electron chi connectivity index (χ2n) is 6.13. The van der Waals surface area contributed by atoms with Crippen LogP contribution in [0.5, 0.6) is 0 Å². The van der Waals surface area contributed by atoms with Crippen molar-refractivity contribution in [3.05, 3.63) is 58.8 Å². The van der Waals surface area contributed by atoms with Crippen LogP contribution in [0.2, 0.25) is 0 Å². The third-order valence-electron chi connectivity index (χ3n) is 4.32. The zero-order valence-corrected chi connectivity index (χ0v) is 16.3. The van der Waals surface area contributed by atoms with Crippen LogP contribution in [0.4, 0.5) is 10.1 Å². The third kappa shape index (κ3) is 4.13. The number of nitrogens with one attached hydrogen (secondary N) is 1. The van der Waals surface area contributed by atoms with Gasteiger partial charge in [-0.25, -0.2) is 12.8 Å². The average molecular weight is 441 g/mol. The number of piperidine rings is 1. The van der Waals surface area contributed by atoms with Gasteiger partial charge in [0.1, 0.15) is 5.82 Å². The van der Waals surface area contributed by atoms with Crippen molar-refractivity contribution in [3.63, 3.8) is 0 Å². The van der Waals surface area contributed by atoms with Crippen molar-refractivity contribution in [3.8, 4) is 0 Å². The van der Waals surface area contributed by atoms with Crippen LogP contribution in [0.1, 0.15) is 12.8 Å². The topological polar surface area (TPSA) is 66.5 Å². The summed E-state index contributed by atoms with van der Waals surface area (Å²) >= 11 is 3.16. The summed E-state index contributed by atoms with van der Waals surface area (Å²) in [5.41, 5.74) is 0.0845. The summed E-state index contributed by atoms with van der Waals surface area (Å²) in [4.78, 5) is 12.7. The summed E-state index contributed by atoms with van der Waals surface area (Å²) in [5.74, 6) is -1.44. The number of benzene rings is 2. The van der Waals surface area contributed by atoms with E-state index in [1.54, 1.807) is 24.3 Å². The molecule has 2 aromatic carbocycles. The molecule has 3 rings (SSSR count). The summed E-state index contributed by atoms with van der Waals surface area (Å²) in [6, 6.07) is 12.5. The van der Waals surface area contributed by atoms with Crippen molar-refractivity contribution in [2.75, 3.05) is 18.4 Å². The molecular weight excluding hydrogens is 423 g/mol. The fraction of sp³-hybridized carbons (Fsp3) is 0.278. The number of carbonyl (C=O) groups is 1. The molecule has 1 fully saturated rings. The molecule has 2 aromatic rings. The van der Waals surface area contributed by atoms with Gasteiger partial charge in [0.05, 0.1) is 16.5 Å². The lowest BCUT2D eigenvalue weighted by molar-refractivity contribution is -0.120. The number of hydrogen-bond donors (Lipinski definition) is 1. The predicted octanol–water partition coefficient (Wildman–Crippen LogP) is 3.63. The Morgan fingerprint density at radius 1 is 1.19 bits per heavy atom. The maximum Gasteiger partial charge on any atom is 0.243 e. The predicted molar refractivity (Wildman–Crippen MR) is 101 cm³/mol. The molecule has 1 N–H and O–H groups in total. The molecular formula is C18H18BrFN2O3S. The Balaban J connectivity index is 1.73. The molecule has 8 heteroatoms. The second kappa shape index (κ2) is 7.85. The Morgan fingerprint density at radius 2 is 1.92 bits per heavy atom. The smallest absolute Gasteiger partial charge is 0.243 e. The van der Waals surface area contributed by atoms with Gasteiger partial charge in [-0.05, 0) is 43.2 Å². The van der Waals surface area contributed by atoms with Crippen molar-refractivity contribution in [1.29, 1.82) is 0 Å². The number of halogens is 2. The van der Waals surface area contributed by atoms with Gasteiger partial charge in [-0.3, -0.25) is 4.79 Å². The maximum absolute atomic E-state index is 13.9. The lowest BCUT2D eigenvalue weighted by Crippen LogP contribution is -2.43. The molecule has 0 saturated carbocycles. The van der Waals surface area contributed by atoms with E-state index in [0.29, 0.717) is 23.9 Å². The summed E-state index contributed by atoms with van der Waals surface area (Å²) in [6.45, 7) is 0.453. The summed E-state index contributed by atoms with van der Waals surface area (Å²) < 4.78 is 41.3. The number of sulfonamides is 1. The molecule has 5 nitrogen and oxygen atoms in total. The number of rotatable bonds is 4.